The highest BCUT2D eigenvalue weighted by Crippen LogP contribution is 2.01. The Labute approximate surface area is 134 Å². The molecule has 0 aliphatic carbocycles. The van der Waals surface area contributed by atoms with Crippen LogP contribution in [-0.2, 0) is 4.79 Å². The monoisotopic (exact) mass is 324 g/mol. The zero-order valence-corrected chi connectivity index (χ0v) is 13.4. The number of nitrogens with one attached hydrogen (secondary N) is 3. The van der Waals surface area contributed by atoms with Gasteiger partial charge in [0.25, 0.3) is 5.91 Å². The van der Waals surface area contributed by atoms with Crippen LogP contribution in [0.25, 0.3) is 0 Å². The summed E-state index contributed by atoms with van der Waals surface area (Å²) in [5.74, 6) is -0.991. The number of carbonyl (C=O) groups is 3. The zero-order valence-electron chi connectivity index (χ0n) is 13.4. The number of hydrogen-bond donors (Lipinski definition) is 3. The molecule has 0 bridgehead atoms. The molecule has 0 saturated heterocycles. The fraction of sp³-hybridized carbons (Fsp3) is 0.400. The van der Waals surface area contributed by atoms with Gasteiger partial charge in [0.1, 0.15) is 11.9 Å². The number of benzene rings is 1. The molecular weight excluding hydrogens is 303 g/mol. The van der Waals surface area contributed by atoms with E-state index >= 15 is 0 Å². The zero-order chi connectivity index (χ0) is 17.4. The second kappa shape index (κ2) is 8.72. The smallest absolute Gasteiger partial charge is 0.315 e. The van der Waals surface area contributed by atoms with E-state index in [0.717, 1.165) is 0 Å². The minimum atomic E-state index is -0.640. The quantitative estimate of drug-likeness (QED) is 0.659. The predicted octanol–water partition coefficient (Wildman–Crippen LogP) is 0.331. The summed E-state index contributed by atoms with van der Waals surface area (Å²) in [6, 6.07) is 4.01. The fourth-order valence-electron chi connectivity index (χ4n) is 1.75. The van der Waals surface area contributed by atoms with Crippen LogP contribution in [0.15, 0.2) is 24.3 Å². The minimum absolute atomic E-state index is 0.196. The van der Waals surface area contributed by atoms with Crippen molar-refractivity contribution in [2.75, 3.05) is 27.2 Å². The van der Waals surface area contributed by atoms with Crippen molar-refractivity contribution in [2.24, 2.45) is 0 Å². The Morgan fingerprint density at radius 1 is 1.09 bits per heavy atom. The van der Waals surface area contributed by atoms with Gasteiger partial charge in [0, 0.05) is 32.7 Å². The fourth-order valence-corrected chi connectivity index (χ4v) is 1.75. The predicted molar refractivity (Wildman–Crippen MR) is 83.4 cm³/mol. The van der Waals surface area contributed by atoms with E-state index in [9.17, 15) is 18.8 Å². The van der Waals surface area contributed by atoms with Gasteiger partial charge in [-0.05, 0) is 31.2 Å². The van der Waals surface area contributed by atoms with Crippen LogP contribution in [0.2, 0.25) is 0 Å². The van der Waals surface area contributed by atoms with E-state index in [-0.39, 0.29) is 24.9 Å². The first-order valence-corrected chi connectivity index (χ1v) is 7.10. The molecule has 1 rings (SSSR count). The average molecular weight is 324 g/mol. The van der Waals surface area contributed by atoms with Gasteiger partial charge in [-0.1, -0.05) is 0 Å². The molecule has 0 radical (unpaired) electrons. The van der Waals surface area contributed by atoms with Gasteiger partial charge in [0.05, 0.1) is 0 Å². The molecule has 23 heavy (non-hydrogen) atoms. The van der Waals surface area contributed by atoms with Crippen LogP contribution in [0.1, 0.15) is 17.3 Å². The summed E-state index contributed by atoms with van der Waals surface area (Å²) in [7, 11) is 3.20. The molecule has 0 aliphatic rings. The molecule has 0 unspecified atom stereocenters. The minimum Gasteiger partial charge on any atom is -0.350 e. The van der Waals surface area contributed by atoms with Gasteiger partial charge >= 0.3 is 6.03 Å². The lowest BCUT2D eigenvalue weighted by atomic mass is 10.2. The van der Waals surface area contributed by atoms with Gasteiger partial charge in [-0.2, -0.15) is 0 Å². The number of hydrogen-bond acceptors (Lipinski definition) is 3. The summed E-state index contributed by atoms with van der Waals surface area (Å²) >= 11 is 0. The normalized spacial score (nSPS) is 11.3. The summed E-state index contributed by atoms with van der Waals surface area (Å²) in [6.45, 7) is 1.99. The maximum Gasteiger partial charge on any atom is 0.315 e. The molecule has 3 N–H and O–H groups in total. The van der Waals surface area contributed by atoms with E-state index in [1.807, 2.05) is 0 Å². The van der Waals surface area contributed by atoms with E-state index in [0.29, 0.717) is 5.56 Å². The number of carbonyl (C=O) groups excluding carboxylic acids is 3. The number of likely N-dealkylation sites (N-methyl/N-ethyl adjacent to an activating group) is 1. The molecule has 126 valence electrons. The Hall–Kier alpha value is -2.64. The third kappa shape index (κ3) is 6.33. The van der Waals surface area contributed by atoms with Crippen LogP contribution < -0.4 is 16.0 Å². The summed E-state index contributed by atoms with van der Waals surface area (Å²) in [5.41, 5.74) is 0.334. The number of urea groups is 1. The molecular formula is C15H21FN4O3. The Bertz CT molecular complexity index is 560. The lowest BCUT2D eigenvalue weighted by Gasteiger charge is -2.18. The lowest BCUT2D eigenvalue weighted by Crippen LogP contribution is -2.49. The Morgan fingerprint density at radius 2 is 1.65 bits per heavy atom. The highest BCUT2D eigenvalue weighted by Gasteiger charge is 2.16. The van der Waals surface area contributed by atoms with Crippen molar-refractivity contribution in [2.45, 2.75) is 13.0 Å². The van der Waals surface area contributed by atoms with Crippen LogP contribution in [-0.4, -0.2) is 56.0 Å². The molecule has 0 saturated carbocycles. The van der Waals surface area contributed by atoms with Gasteiger partial charge in [-0.3, -0.25) is 9.59 Å². The van der Waals surface area contributed by atoms with Crippen LogP contribution in [0, 0.1) is 5.82 Å². The van der Waals surface area contributed by atoms with Crippen molar-refractivity contribution in [3.8, 4) is 0 Å². The number of nitrogens with zero attached hydrogens (tertiary/aromatic N) is 1. The van der Waals surface area contributed by atoms with Crippen molar-refractivity contribution in [3.63, 3.8) is 0 Å². The molecule has 0 spiro atoms. The molecule has 1 atom stereocenters. The van der Waals surface area contributed by atoms with Gasteiger partial charge in [-0.25, -0.2) is 9.18 Å². The number of halogens is 1. The van der Waals surface area contributed by atoms with E-state index in [4.69, 9.17) is 0 Å². The van der Waals surface area contributed by atoms with Crippen molar-refractivity contribution in [1.29, 1.82) is 0 Å². The second-order valence-electron chi connectivity index (χ2n) is 5.12. The lowest BCUT2D eigenvalue weighted by molar-refractivity contribution is -0.130. The van der Waals surface area contributed by atoms with Crippen molar-refractivity contribution in [1.82, 2.24) is 20.9 Å². The molecule has 0 fully saturated rings. The topological polar surface area (TPSA) is 90.5 Å². The van der Waals surface area contributed by atoms with Crippen molar-refractivity contribution in [3.05, 3.63) is 35.6 Å². The highest BCUT2D eigenvalue weighted by molar-refractivity contribution is 5.94. The SMILES string of the molecule is C[C@H](NC(=O)NCCNC(=O)c1ccc(F)cc1)C(=O)N(C)C. The van der Waals surface area contributed by atoms with Crippen LogP contribution in [0.4, 0.5) is 9.18 Å². The summed E-state index contributed by atoms with van der Waals surface area (Å²) in [6.07, 6.45) is 0. The van der Waals surface area contributed by atoms with E-state index < -0.39 is 17.9 Å². The van der Waals surface area contributed by atoms with Crippen LogP contribution in [0.3, 0.4) is 0 Å². The highest BCUT2D eigenvalue weighted by atomic mass is 19.1. The molecule has 0 heterocycles. The standard InChI is InChI=1S/C15H21FN4O3/c1-10(14(22)20(2)3)19-15(23)18-9-8-17-13(21)11-4-6-12(16)7-5-11/h4-7,10H,8-9H2,1-3H3,(H,17,21)(H2,18,19,23)/t10-/m0/s1. The maximum atomic E-state index is 12.7. The van der Waals surface area contributed by atoms with Crippen LogP contribution >= 0.6 is 0 Å². The van der Waals surface area contributed by atoms with Crippen molar-refractivity contribution < 1.29 is 18.8 Å². The van der Waals surface area contributed by atoms with Gasteiger partial charge in [0.2, 0.25) is 5.91 Å². The average Bonchev–Trinajstić information content (AvgIpc) is 2.51. The molecule has 4 amide bonds. The van der Waals surface area contributed by atoms with E-state index in [1.165, 1.54) is 29.2 Å². The van der Waals surface area contributed by atoms with E-state index in [2.05, 4.69) is 16.0 Å². The molecule has 1 aromatic rings. The Balaban J connectivity index is 2.26. The van der Waals surface area contributed by atoms with Gasteiger partial charge < -0.3 is 20.9 Å². The maximum absolute atomic E-state index is 12.7. The largest absolute Gasteiger partial charge is 0.350 e. The molecule has 0 aliphatic heterocycles. The van der Waals surface area contributed by atoms with Crippen molar-refractivity contribution >= 4 is 17.8 Å². The van der Waals surface area contributed by atoms with Gasteiger partial charge in [-0.15, -0.1) is 0 Å². The van der Waals surface area contributed by atoms with Crippen LogP contribution in [0.5, 0.6) is 0 Å². The summed E-state index contributed by atoms with van der Waals surface area (Å²) in [5, 5.41) is 7.61. The third-order valence-corrected chi connectivity index (χ3v) is 2.96. The number of rotatable bonds is 6. The molecule has 7 nitrogen and oxygen atoms in total. The Kier molecular flexibility index (Phi) is 6.98. The number of amides is 4. The summed E-state index contributed by atoms with van der Waals surface area (Å²) in [4.78, 5) is 36.3. The Morgan fingerprint density at radius 3 is 2.22 bits per heavy atom. The second-order valence-corrected chi connectivity index (χ2v) is 5.12. The third-order valence-electron chi connectivity index (χ3n) is 2.96. The first kappa shape index (κ1) is 18.4. The molecule has 1 aromatic carbocycles. The molecule has 8 heteroatoms. The van der Waals surface area contributed by atoms with Gasteiger partial charge in [0.15, 0.2) is 0 Å². The molecule has 0 aromatic heterocycles. The first-order valence-electron chi connectivity index (χ1n) is 7.10. The first-order chi connectivity index (χ1) is 10.8. The summed E-state index contributed by atoms with van der Waals surface area (Å²) < 4.78 is 12.7. The van der Waals surface area contributed by atoms with E-state index in [1.54, 1.807) is 21.0 Å².